The van der Waals surface area contributed by atoms with Gasteiger partial charge in [0.25, 0.3) is 5.91 Å². The molecule has 33 heavy (non-hydrogen) atoms. The maximum atomic E-state index is 15.6. The first-order valence-electron chi connectivity index (χ1n) is 9.97. The third-order valence-electron chi connectivity index (χ3n) is 5.84. The molecule has 2 aromatic rings. The Labute approximate surface area is 187 Å². The number of carbonyl (C=O) groups excluding carboxylic acids is 1. The number of ether oxygens (including phenoxy) is 1. The molecule has 5 nitrogen and oxygen atoms in total. The molecule has 0 bridgehead atoms. The minimum atomic E-state index is -4.77. The minimum absolute atomic E-state index is 0.0262. The van der Waals surface area contributed by atoms with Gasteiger partial charge in [0.2, 0.25) is 14.8 Å². The Bertz CT molecular complexity index is 1160. The van der Waals surface area contributed by atoms with Gasteiger partial charge in [0, 0.05) is 17.2 Å². The molecular weight excluding hydrogens is 469 g/mol. The number of amides is 1. The van der Waals surface area contributed by atoms with Crippen molar-refractivity contribution in [1.29, 1.82) is 0 Å². The second-order valence-corrected chi connectivity index (χ2v) is 10.5. The van der Waals surface area contributed by atoms with Crippen LogP contribution in [0.2, 0.25) is 0 Å². The van der Waals surface area contributed by atoms with Gasteiger partial charge in [-0.05, 0) is 62.9 Å². The van der Waals surface area contributed by atoms with E-state index < -0.39 is 61.6 Å². The predicted octanol–water partition coefficient (Wildman–Crippen LogP) is 5.06. The van der Waals surface area contributed by atoms with Crippen molar-refractivity contribution >= 4 is 15.7 Å². The standard InChI is InChI=1S/C22H22F5NO4S/c1-20(28-19(29)14-10-16(23)13-17(11-14)32-2)6-8-21(24,9-7-20)33(30,31)18-5-3-4-15(12-18)22(25,26)27/h3-5,10-13H,6-9H2,1-2H3,(H,28,29). The Kier molecular flexibility index (Phi) is 6.49. The fourth-order valence-corrected chi connectivity index (χ4v) is 5.48. The van der Waals surface area contributed by atoms with E-state index in [1.54, 1.807) is 6.92 Å². The summed E-state index contributed by atoms with van der Waals surface area (Å²) in [7, 11) is -3.43. The predicted molar refractivity (Wildman–Crippen MR) is 110 cm³/mol. The minimum Gasteiger partial charge on any atom is -0.497 e. The molecule has 11 heteroatoms. The summed E-state index contributed by atoms with van der Waals surface area (Å²) in [6.07, 6.45) is -6.03. The van der Waals surface area contributed by atoms with Crippen LogP contribution >= 0.6 is 0 Å². The first-order valence-corrected chi connectivity index (χ1v) is 11.5. The first kappa shape index (κ1) is 24.9. The Morgan fingerprint density at radius 3 is 2.27 bits per heavy atom. The third-order valence-corrected chi connectivity index (χ3v) is 8.08. The molecule has 0 saturated heterocycles. The van der Waals surface area contributed by atoms with E-state index in [0.29, 0.717) is 12.1 Å². The normalized spacial score (nSPS) is 23.7. The van der Waals surface area contributed by atoms with Crippen LogP contribution in [0.5, 0.6) is 5.75 Å². The Morgan fingerprint density at radius 1 is 1.06 bits per heavy atom. The molecule has 0 atom stereocenters. The van der Waals surface area contributed by atoms with Gasteiger partial charge in [-0.1, -0.05) is 6.07 Å². The quantitative estimate of drug-likeness (QED) is 0.594. The molecule has 3 rings (SSSR count). The summed E-state index contributed by atoms with van der Waals surface area (Å²) in [6, 6.07) is 6.39. The monoisotopic (exact) mass is 491 g/mol. The second-order valence-electron chi connectivity index (χ2n) is 8.31. The Balaban J connectivity index is 1.77. The molecule has 0 aromatic heterocycles. The molecule has 1 aliphatic carbocycles. The number of benzene rings is 2. The van der Waals surface area contributed by atoms with Crippen LogP contribution in [-0.4, -0.2) is 32.0 Å². The summed E-state index contributed by atoms with van der Waals surface area (Å²) in [5.41, 5.74) is -2.22. The van der Waals surface area contributed by atoms with Crippen molar-refractivity contribution in [2.24, 2.45) is 0 Å². The Hall–Kier alpha value is -2.69. The number of alkyl halides is 4. The molecular formula is C22H22F5NO4S. The highest BCUT2D eigenvalue weighted by Gasteiger charge is 2.51. The van der Waals surface area contributed by atoms with Crippen molar-refractivity contribution in [3.8, 4) is 5.75 Å². The number of sulfone groups is 1. The fourth-order valence-electron chi connectivity index (χ4n) is 3.78. The average molecular weight is 491 g/mol. The topological polar surface area (TPSA) is 72.5 Å². The number of methoxy groups -OCH3 is 1. The van der Waals surface area contributed by atoms with Gasteiger partial charge in [0.05, 0.1) is 17.6 Å². The lowest BCUT2D eigenvalue weighted by atomic mass is 9.82. The summed E-state index contributed by atoms with van der Waals surface area (Å²) < 4.78 is 98.8. The van der Waals surface area contributed by atoms with Gasteiger partial charge in [-0.25, -0.2) is 17.2 Å². The summed E-state index contributed by atoms with van der Waals surface area (Å²) >= 11 is 0. The highest BCUT2D eigenvalue weighted by atomic mass is 32.2. The van der Waals surface area contributed by atoms with Crippen LogP contribution in [0.1, 0.15) is 48.5 Å². The molecule has 0 unspecified atom stereocenters. The summed E-state index contributed by atoms with van der Waals surface area (Å²) in [5.74, 6) is -1.21. The second kappa shape index (κ2) is 8.58. The lowest BCUT2D eigenvalue weighted by Gasteiger charge is -2.40. The smallest absolute Gasteiger partial charge is 0.416 e. The Morgan fingerprint density at radius 2 is 1.70 bits per heavy atom. The summed E-state index contributed by atoms with van der Waals surface area (Å²) in [6.45, 7) is 1.60. The number of hydrogen-bond acceptors (Lipinski definition) is 4. The van der Waals surface area contributed by atoms with Crippen LogP contribution < -0.4 is 10.1 Å². The van der Waals surface area contributed by atoms with E-state index in [-0.39, 0.29) is 24.2 Å². The third kappa shape index (κ3) is 5.13. The van der Waals surface area contributed by atoms with Crippen LogP contribution in [0, 0.1) is 5.82 Å². The average Bonchev–Trinajstić information content (AvgIpc) is 2.75. The fraction of sp³-hybridized carbons (Fsp3) is 0.409. The molecule has 0 radical (unpaired) electrons. The zero-order valence-electron chi connectivity index (χ0n) is 17.8. The van der Waals surface area contributed by atoms with E-state index in [9.17, 15) is 30.8 Å². The van der Waals surface area contributed by atoms with Crippen molar-refractivity contribution in [3.05, 3.63) is 59.4 Å². The lowest BCUT2D eigenvalue weighted by Crippen LogP contribution is -2.52. The molecule has 1 fully saturated rings. The van der Waals surface area contributed by atoms with Gasteiger partial charge in [-0.15, -0.1) is 0 Å². The van der Waals surface area contributed by atoms with Gasteiger partial charge >= 0.3 is 6.18 Å². The van der Waals surface area contributed by atoms with Crippen LogP contribution in [0.4, 0.5) is 22.0 Å². The SMILES string of the molecule is COc1cc(F)cc(C(=O)NC2(C)CCC(F)(S(=O)(=O)c3cccc(C(F)(F)F)c3)CC2)c1. The van der Waals surface area contributed by atoms with Gasteiger partial charge in [-0.2, -0.15) is 13.2 Å². The molecule has 1 saturated carbocycles. The first-order chi connectivity index (χ1) is 15.2. The molecule has 180 valence electrons. The summed E-state index contributed by atoms with van der Waals surface area (Å²) in [5, 5.41) is -0.111. The molecule has 0 spiro atoms. The molecule has 0 heterocycles. The van der Waals surface area contributed by atoms with Crippen molar-refractivity contribution in [2.45, 2.75) is 54.2 Å². The highest BCUT2D eigenvalue weighted by molar-refractivity contribution is 7.92. The van der Waals surface area contributed by atoms with Crippen LogP contribution in [0.15, 0.2) is 47.4 Å². The zero-order chi connectivity index (χ0) is 24.7. The molecule has 1 N–H and O–H groups in total. The molecule has 1 aliphatic rings. The van der Waals surface area contributed by atoms with Crippen LogP contribution in [0.25, 0.3) is 0 Å². The summed E-state index contributed by atoms with van der Waals surface area (Å²) in [4.78, 5) is 11.8. The van der Waals surface area contributed by atoms with E-state index in [4.69, 9.17) is 4.74 Å². The van der Waals surface area contributed by atoms with Crippen molar-refractivity contribution in [1.82, 2.24) is 5.32 Å². The van der Waals surface area contributed by atoms with E-state index >= 15 is 4.39 Å². The van der Waals surface area contributed by atoms with E-state index in [2.05, 4.69) is 5.32 Å². The maximum absolute atomic E-state index is 15.6. The van der Waals surface area contributed by atoms with Gasteiger partial charge < -0.3 is 10.1 Å². The lowest BCUT2D eigenvalue weighted by molar-refractivity contribution is -0.137. The number of nitrogens with one attached hydrogen (secondary N) is 1. The molecule has 0 aliphatic heterocycles. The molecule has 1 amide bonds. The van der Waals surface area contributed by atoms with Crippen molar-refractivity contribution in [3.63, 3.8) is 0 Å². The van der Waals surface area contributed by atoms with E-state index in [1.807, 2.05) is 0 Å². The van der Waals surface area contributed by atoms with Gasteiger partial charge in [-0.3, -0.25) is 4.79 Å². The van der Waals surface area contributed by atoms with Crippen LogP contribution in [-0.2, 0) is 16.0 Å². The van der Waals surface area contributed by atoms with Crippen LogP contribution in [0.3, 0.4) is 0 Å². The van der Waals surface area contributed by atoms with Gasteiger partial charge in [0.1, 0.15) is 11.6 Å². The number of hydrogen-bond donors (Lipinski definition) is 1. The zero-order valence-corrected chi connectivity index (χ0v) is 18.6. The number of carbonyl (C=O) groups is 1. The van der Waals surface area contributed by atoms with Crippen molar-refractivity contribution < 1.29 is 39.9 Å². The van der Waals surface area contributed by atoms with Gasteiger partial charge in [0.15, 0.2) is 0 Å². The maximum Gasteiger partial charge on any atom is 0.416 e. The van der Waals surface area contributed by atoms with Crippen molar-refractivity contribution in [2.75, 3.05) is 7.11 Å². The highest BCUT2D eigenvalue weighted by Crippen LogP contribution is 2.44. The number of rotatable bonds is 5. The van der Waals surface area contributed by atoms with E-state index in [1.165, 1.54) is 13.2 Å². The largest absolute Gasteiger partial charge is 0.497 e. The van der Waals surface area contributed by atoms with E-state index in [0.717, 1.165) is 24.3 Å². The molecule has 2 aromatic carbocycles. The number of halogens is 5.